The fraction of sp³-hybridized carbons (Fsp3) is 0. The van der Waals surface area contributed by atoms with Crippen molar-refractivity contribution in [1.29, 1.82) is 0 Å². The van der Waals surface area contributed by atoms with Gasteiger partial charge < -0.3 is 4.42 Å². The molecule has 0 aliphatic rings. The SMILES string of the molecule is c1ccc(-c2ccc(-c3cc(-c4ccc(-c5cc(-c6ccccc6)cc(-c6ccc7oc8ccc9ccccc9c8c7c6)c5-c5ccccc5)cc4)nc(-c4ccccc4)n3)cc2)cc1. The van der Waals surface area contributed by atoms with Gasteiger partial charge in [0.1, 0.15) is 11.2 Å². The van der Waals surface area contributed by atoms with E-state index in [1.165, 1.54) is 27.5 Å². The molecule has 65 heavy (non-hydrogen) atoms. The third-order valence-electron chi connectivity index (χ3n) is 12.5. The van der Waals surface area contributed by atoms with Crippen molar-refractivity contribution in [2.45, 2.75) is 0 Å². The van der Waals surface area contributed by atoms with Crippen LogP contribution in [0.5, 0.6) is 0 Å². The molecule has 2 heterocycles. The maximum Gasteiger partial charge on any atom is 0.160 e. The van der Waals surface area contributed by atoms with E-state index in [2.05, 4.69) is 218 Å². The van der Waals surface area contributed by atoms with Crippen LogP contribution in [0.2, 0.25) is 0 Å². The molecule has 3 heteroatoms. The minimum Gasteiger partial charge on any atom is -0.456 e. The Hall–Kier alpha value is -8.66. The second-order valence-electron chi connectivity index (χ2n) is 16.5. The van der Waals surface area contributed by atoms with Crippen molar-refractivity contribution in [2.75, 3.05) is 0 Å². The lowest BCUT2D eigenvalue weighted by Gasteiger charge is -2.19. The molecule has 3 nitrogen and oxygen atoms in total. The lowest BCUT2D eigenvalue weighted by Crippen LogP contribution is -1.96. The molecule has 12 rings (SSSR count). The fourth-order valence-corrected chi connectivity index (χ4v) is 9.27. The predicted octanol–water partition coefficient (Wildman–Crippen LogP) is 16.9. The maximum atomic E-state index is 6.48. The number of hydrogen-bond acceptors (Lipinski definition) is 3. The zero-order valence-corrected chi connectivity index (χ0v) is 35.4. The number of benzene rings is 10. The summed E-state index contributed by atoms with van der Waals surface area (Å²) in [6.45, 7) is 0. The smallest absolute Gasteiger partial charge is 0.160 e. The van der Waals surface area contributed by atoms with E-state index in [1.807, 2.05) is 24.3 Å². The average Bonchev–Trinajstić information content (AvgIpc) is 3.78. The zero-order valence-electron chi connectivity index (χ0n) is 35.4. The Balaban J connectivity index is 1.02. The molecular weight excluding hydrogens is 789 g/mol. The number of fused-ring (bicyclic) bond motifs is 5. The molecule has 2 aromatic heterocycles. The summed E-state index contributed by atoms with van der Waals surface area (Å²) in [6, 6.07) is 86.0. The van der Waals surface area contributed by atoms with Crippen molar-refractivity contribution in [3.63, 3.8) is 0 Å². The largest absolute Gasteiger partial charge is 0.456 e. The van der Waals surface area contributed by atoms with Gasteiger partial charge in [-0.3, -0.25) is 0 Å². The number of furan rings is 1. The second-order valence-corrected chi connectivity index (χ2v) is 16.5. The summed E-state index contributed by atoms with van der Waals surface area (Å²) in [4.78, 5) is 10.3. The van der Waals surface area contributed by atoms with Crippen LogP contribution in [0.3, 0.4) is 0 Å². The topological polar surface area (TPSA) is 38.9 Å². The molecule has 0 atom stereocenters. The van der Waals surface area contributed by atoms with Crippen molar-refractivity contribution < 1.29 is 4.42 Å². The Kier molecular flexibility index (Phi) is 9.50. The van der Waals surface area contributed by atoms with Gasteiger partial charge >= 0.3 is 0 Å². The van der Waals surface area contributed by atoms with E-state index in [-0.39, 0.29) is 0 Å². The molecule has 0 N–H and O–H groups in total. The van der Waals surface area contributed by atoms with Gasteiger partial charge in [0, 0.05) is 27.5 Å². The maximum absolute atomic E-state index is 6.48. The van der Waals surface area contributed by atoms with Gasteiger partial charge in [-0.15, -0.1) is 0 Å². The third-order valence-corrected chi connectivity index (χ3v) is 12.5. The van der Waals surface area contributed by atoms with Crippen LogP contribution >= 0.6 is 0 Å². The Morgan fingerprint density at radius 1 is 0.277 bits per heavy atom. The molecule has 0 unspecified atom stereocenters. The van der Waals surface area contributed by atoms with E-state index in [4.69, 9.17) is 14.4 Å². The summed E-state index contributed by atoms with van der Waals surface area (Å²) in [5.41, 5.74) is 18.1. The van der Waals surface area contributed by atoms with Crippen LogP contribution < -0.4 is 0 Å². The summed E-state index contributed by atoms with van der Waals surface area (Å²) in [5, 5.41) is 4.64. The standard InChI is InChI=1S/C62H40N2O/c1-5-15-41(16-6-1)43-25-29-46(30-26-43)56-40-57(64-62(63-56)49-22-11-4-12-23-49)47-31-27-45(28-32-47)53-38-51(42-17-7-2-8-18-42)39-54(60(53)48-20-9-3-10-21-48)50-34-35-58-55(37-50)61-52-24-14-13-19-44(52)33-36-59(61)65-58/h1-40H. The highest BCUT2D eigenvalue weighted by molar-refractivity contribution is 6.19. The second kappa shape index (κ2) is 16.2. The van der Waals surface area contributed by atoms with Crippen LogP contribution in [-0.4, -0.2) is 9.97 Å². The highest BCUT2D eigenvalue weighted by atomic mass is 16.3. The first-order valence-electron chi connectivity index (χ1n) is 22.0. The first kappa shape index (κ1) is 38.0. The van der Waals surface area contributed by atoms with E-state index in [1.54, 1.807) is 0 Å². The van der Waals surface area contributed by atoms with Crippen molar-refractivity contribution in [1.82, 2.24) is 9.97 Å². The molecule has 0 spiro atoms. The van der Waals surface area contributed by atoms with Crippen molar-refractivity contribution in [2.24, 2.45) is 0 Å². The summed E-state index contributed by atoms with van der Waals surface area (Å²) in [5.74, 6) is 0.691. The molecule has 0 fully saturated rings. The minimum absolute atomic E-state index is 0.691. The van der Waals surface area contributed by atoms with Crippen LogP contribution in [0, 0.1) is 0 Å². The van der Waals surface area contributed by atoms with Gasteiger partial charge in [-0.25, -0.2) is 9.97 Å². The first-order chi connectivity index (χ1) is 32.2. The first-order valence-corrected chi connectivity index (χ1v) is 22.0. The lowest BCUT2D eigenvalue weighted by atomic mass is 9.84. The molecule has 0 bridgehead atoms. The lowest BCUT2D eigenvalue weighted by molar-refractivity contribution is 0.669. The van der Waals surface area contributed by atoms with Crippen LogP contribution in [0.1, 0.15) is 0 Å². The molecule has 12 aromatic rings. The fourth-order valence-electron chi connectivity index (χ4n) is 9.27. The van der Waals surface area contributed by atoms with Crippen LogP contribution in [0.15, 0.2) is 247 Å². The Morgan fingerprint density at radius 2 is 0.738 bits per heavy atom. The Bertz CT molecular complexity index is 3660. The van der Waals surface area contributed by atoms with Crippen LogP contribution in [0.25, 0.3) is 122 Å². The molecule has 0 saturated heterocycles. The third kappa shape index (κ3) is 7.16. The van der Waals surface area contributed by atoms with E-state index in [9.17, 15) is 0 Å². The molecule has 10 aromatic carbocycles. The number of hydrogen-bond donors (Lipinski definition) is 0. The number of rotatable bonds is 8. The monoisotopic (exact) mass is 828 g/mol. The van der Waals surface area contributed by atoms with E-state index in [0.717, 1.165) is 89.0 Å². The molecular formula is C62H40N2O. The molecule has 304 valence electrons. The zero-order chi connectivity index (χ0) is 43.1. The average molecular weight is 829 g/mol. The Morgan fingerprint density at radius 3 is 1.37 bits per heavy atom. The molecule has 0 aliphatic carbocycles. The quantitative estimate of drug-likeness (QED) is 0.153. The summed E-state index contributed by atoms with van der Waals surface area (Å²) >= 11 is 0. The van der Waals surface area contributed by atoms with Gasteiger partial charge in [0.2, 0.25) is 0 Å². The minimum atomic E-state index is 0.691. The summed E-state index contributed by atoms with van der Waals surface area (Å²) in [6.07, 6.45) is 0. The van der Waals surface area contributed by atoms with Gasteiger partial charge in [0.25, 0.3) is 0 Å². The van der Waals surface area contributed by atoms with Crippen molar-refractivity contribution in [3.8, 4) is 89.5 Å². The van der Waals surface area contributed by atoms with Gasteiger partial charge in [0.15, 0.2) is 5.82 Å². The van der Waals surface area contributed by atoms with Crippen LogP contribution in [-0.2, 0) is 0 Å². The van der Waals surface area contributed by atoms with Crippen molar-refractivity contribution in [3.05, 3.63) is 243 Å². The van der Waals surface area contributed by atoms with E-state index >= 15 is 0 Å². The van der Waals surface area contributed by atoms with Crippen LogP contribution in [0.4, 0.5) is 0 Å². The molecule has 0 amide bonds. The molecule has 0 aliphatic heterocycles. The molecule has 0 saturated carbocycles. The highest BCUT2D eigenvalue weighted by Crippen LogP contribution is 2.45. The highest BCUT2D eigenvalue weighted by Gasteiger charge is 2.20. The molecule has 0 radical (unpaired) electrons. The summed E-state index contributed by atoms with van der Waals surface area (Å²) in [7, 11) is 0. The summed E-state index contributed by atoms with van der Waals surface area (Å²) < 4.78 is 6.48. The van der Waals surface area contributed by atoms with Gasteiger partial charge in [0.05, 0.1) is 11.4 Å². The Labute approximate surface area is 377 Å². The van der Waals surface area contributed by atoms with Gasteiger partial charge in [-0.2, -0.15) is 0 Å². The normalized spacial score (nSPS) is 11.4. The number of aromatic nitrogens is 2. The van der Waals surface area contributed by atoms with E-state index < -0.39 is 0 Å². The predicted molar refractivity (Wildman–Crippen MR) is 270 cm³/mol. The van der Waals surface area contributed by atoms with E-state index in [0.29, 0.717) is 5.82 Å². The van der Waals surface area contributed by atoms with Crippen molar-refractivity contribution >= 4 is 32.7 Å². The van der Waals surface area contributed by atoms with Gasteiger partial charge in [-0.05, 0) is 103 Å². The number of nitrogens with zero attached hydrogens (tertiary/aromatic N) is 2. The van der Waals surface area contributed by atoms with Gasteiger partial charge in [-0.1, -0.05) is 206 Å².